The Labute approximate surface area is 253 Å². The van der Waals surface area contributed by atoms with Crippen LogP contribution in [0.4, 0.5) is 15.8 Å². The summed E-state index contributed by atoms with van der Waals surface area (Å²) in [4.78, 5) is 39.8. The standard InChI is InChI=1S/C33H29ClFN3O3S/c1-20-15-21(2)17-25(16-20)37-31(39)22(3)42-26-12-7-11-24(18-26)36-33(41)30(19-27-28(34)13-8-14-29(27)35)38-32(40)23-9-5-4-6-10-23/h4-19,22H,1-3H3,(H,36,41)(H,37,39)(H,38,40)/b30-19+. The number of halogens is 2. The van der Waals surface area contributed by atoms with Gasteiger partial charge >= 0.3 is 0 Å². The van der Waals surface area contributed by atoms with Gasteiger partial charge in [0.15, 0.2) is 0 Å². The molecule has 9 heteroatoms. The Morgan fingerprint density at radius 2 is 1.52 bits per heavy atom. The van der Waals surface area contributed by atoms with Gasteiger partial charge in [0.25, 0.3) is 11.8 Å². The topological polar surface area (TPSA) is 87.3 Å². The van der Waals surface area contributed by atoms with Crippen molar-refractivity contribution in [2.45, 2.75) is 30.9 Å². The molecule has 0 aliphatic rings. The second kappa shape index (κ2) is 14.0. The Balaban J connectivity index is 1.51. The molecule has 3 N–H and O–H groups in total. The predicted octanol–water partition coefficient (Wildman–Crippen LogP) is 7.62. The highest BCUT2D eigenvalue weighted by Gasteiger charge is 2.19. The maximum atomic E-state index is 14.6. The monoisotopic (exact) mass is 601 g/mol. The number of thioether (sulfide) groups is 1. The first-order chi connectivity index (χ1) is 20.1. The number of carbonyl (C=O) groups is 3. The number of carbonyl (C=O) groups excluding carboxylic acids is 3. The van der Waals surface area contributed by atoms with Gasteiger partial charge in [-0.3, -0.25) is 14.4 Å². The van der Waals surface area contributed by atoms with Crippen LogP contribution < -0.4 is 16.0 Å². The molecule has 1 unspecified atom stereocenters. The molecular weight excluding hydrogens is 573 g/mol. The van der Waals surface area contributed by atoms with Gasteiger partial charge in [0.2, 0.25) is 5.91 Å². The van der Waals surface area contributed by atoms with Gasteiger partial charge in [-0.1, -0.05) is 48.0 Å². The van der Waals surface area contributed by atoms with Crippen LogP contribution in [0, 0.1) is 19.7 Å². The van der Waals surface area contributed by atoms with Crippen molar-refractivity contribution in [1.82, 2.24) is 5.32 Å². The molecule has 0 spiro atoms. The fourth-order valence-corrected chi connectivity index (χ4v) is 5.27. The molecule has 0 fully saturated rings. The number of hydrogen-bond donors (Lipinski definition) is 3. The largest absolute Gasteiger partial charge is 0.325 e. The summed E-state index contributed by atoms with van der Waals surface area (Å²) in [5, 5.41) is 7.93. The van der Waals surface area contributed by atoms with E-state index in [1.807, 2.05) is 38.1 Å². The number of aryl methyl sites for hydroxylation is 2. The van der Waals surface area contributed by atoms with Gasteiger partial charge in [0.1, 0.15) is 11.5 Å². The van der Waals surface area contributed by atoms with Crippen LogP contribution in [0.1, 0.15) is 34.0 Å². The zero-order valence-electron chi connectivity index (χ0n) is 23.2. The minimum Gasteiger partial charge on any atom is -0.325 e. The van der Waals surface area contributed by atoms with E-state index >= 15 is 0 Å². The second-order valence-electron chi connectivity index (χ2n) is 9.62. The number of anilines is 2. The highest BCUT2D eigenvalue weighted by molar-refractivity contribution is 8.00. The lowest BCUT2D eigenvalue weighted by Gasteiger charge is -2.15. The van der Waals surface area contributed by atoms with E-state index in [1.165, 1.54) is 36.0 Å². The molecule has 6 nitrogen and oxygen atoms in total. The quantitative estimate of drug-likeness (QED) is 0.136. The summed E-state index contributed by atoms with van der Waals surface area (Å²) in [7, 11) is 0. The summed E-state index contributed by atoms with van der Waals surface area (Å²) < 4.78 is 14.6. The van der Waals surface area contributed by atoms with Crippen LogP contribution in [0.2, 0.25) is 5.02 Å². The third kappa shape index (κ3) is 8.31. The van der Waals surface area contributed by atoms with Crippen LogP contribution >= 0.6 is 23.4 Å². The molecule has 0 bridgehead atoms. The molecule has 0 aliphatic carbocycles. The van der Waals surface area contributed by atoms with Crippen LogP contribution in [-0.2, 0) is 9.59 Å². The minimum atomic E-state index is -0.679. The molecule has 0 saturated heterocycles. The van der Waals surface area contributed by atoms with Crippen molar-refractivity contribution in [2.24, 2.45) is 0 Å². The highest BCUT2D eigenvalue weighted by Crippen LogP contribution is 2.28. The van der Waals surface area contributed by atoms with Crippen LogP contribution in [0.15, 0.2) is 102 Å². The van der Waals surface area contributed by atoms with Gasteiger partial charge in [0.05, 0.1) is 10.3 Å². The molecule has 4 aromatic rings. The van der Waals surface area contributed by atoms with Gasteiger partial charge in [-0.15, -0.1) is 11.8 Å². The number of hydrogen-bond acceptors (Lipinski definition) is 4. The average Bonchev–Trinajstić information content (AvgIpc) is 2.94. The molecule has 0 aliphatic heterocycles. The zero-order chi connectivity index (χ0) is 30.2. The Hall–Kier alpha value is -4.40. The molecule has 3 amide bonds. The third-order valence-corrected chi connectivity index (χ3v) is 7.50. The van der Waals surface area contributed by atoms with E-state index in [0.29, 0.717) is 11.3 Å². The molecule has 214 valence electrons. The summed E-state index contributed by atoms with van der Waals surface area (Å²) in [5.41, 5.74) is 3.35. The summed E-state index contributed by atoms with van der Waals surface area (Å²) in [5.74, 6) is -2.03. The molecule has 4 rings (SSSR count). The molecule has 0 saturated carbocycles. The Bertz CT molecular complexity index is 1620. The van der Waals surface area contributed by atoms with Crippen molar-refractivity contribution >= 4 is 58.5 Å². The number of nitrogens with one attached hydrogen (secondary N) is 3. The fraction of sp³-hybridized carbons (Fsp3) is 0.121. The van der Waals surface area contributed by atoms with Crippen LogP contribution in [-0.4, -0.2) is 23.0 Å². The number of rotatable bonds is 9. The van der Waals surface area contributed by atoms with Crippen molar-refractivity contribution in [2.75, 3.05) is 10.6 Å². The molecule has 0 aromatic heterocycles. The van der Waals surface area contributed by atoms with Crippen LogP contribution in [0.5, 0.6) is 0 Å². The first-order valence-electron chi connectivity index (χ1n) is 13.1. The summed E-state index contributed by atoms with van der Waals surface area (Å²) >= 11 is 7.52. The normalized spacial score (nSPS) is 11.9. The first kappa shape index (κ1) is 30.6. The maximum absolute atomic E-state index is 14.6. The lowest BCUT2D eigenvalue weighted by molar-refractivity contribution is -0.115. The molecule has 42 heavy (non-hydrogen) atoms. The van der Waals surface area contributed by atoms with Gasteiger partial charge in [-0.2, -0.15) is 0 Å². The third-order valence-electron chi connectivity index (χ3n) is 6.08. The Morgan fingerprint density at radius 3 is 2.21 bits per heavy atom. The van der Waals surface area contributed by atoms with Crippen molar-refractivity contribution < 1.29 is 18.8 Å². The molecule has 1 atom stereocenters. The SMILES string of the molecule is Cc1cc(C)cc(NC(=O)C(C)Sc2cccc(NC(=O)/C(=C\c3c(F)cccc3Cl)NC(=O)c3ccccc3)c2)c1. The Morgan fingerprint density at radius 1 is 0.833 bits per heavy atom. The number of benzene rings is 4. The minimum absolute atomic E-state index is 0.0365. The predicted molar refractivity (Wildman–Crippen MR) is 168 cm³/mol. The fourth-order valence-electron chi connectivity index (χ4n) is 4.13. The summed E-state index contributed by atoms with van der Waals surface area (Å²) in [6, 6.07) is 25.3. The van der Waals surface area contributed by atoms with E-state index in [0.717, 1.165) is 21.7 Å². The highest BCUT2D eigenvalue weighted by atomic mass is 35.5. The van der Waals surface area contributed by atoms with E-state index in [9.17, 15) is 18.8 Å². The van der Waals surface area contributed by atoms with Crippen molar-refractivity contribution in [3.8, 4) is 0 Å². The first-order valence-corrected chi connectivity index (χ1v) is 14.3. The lowest BCUT2D eigenvalue weighted by atomic mass is 10.1. The van der Waals surface area contributed by atoms with Crippen LogP contribution in [0.25, 0.3) is 6.08 Å². The van der Waals surface area contributed by atoms with E-state index in [-0.39, 0.29) is 22.2 Å². The van der Waals surface area contributed by atoms with Crippen molar-refractivity contribution in [1.29, 1.82) is 0 Å². The Kier molecular flexibility index (Phi) is 10.2. The smallest absolute Gasteiger partial charge is 0.272 e. The maximum Gasteiger partial charge on any atom is 0.272 e. The van der Waals surface area contributed by atoms with E-state index in [4.69, 9.17) is 11.6 Å². The van der Waals surface area contributed by atoms with Gasteiger partial charge in [-0.05, 0) is 92.6 Å². The van der Waals surface area contributed by atoms with E-state index in [2.05, 4.69) is 16.0 Å². The summed E-state index contributed by atoms with van der Waals surface area (Å²) in [6.07, 6.45) is 1.20. The molecular formula is C33H29ClFN3O3S. The summed E-state index contributed by atoms with van der Waals surface area (Å²) in [6.45, 7) is 5.74. The molecule has 0 heterocycles. The van der Waals surface area contributed by atoms with Gasteiger partial charge in [-0.25, -0.2) is 4.39 Å². The zero-order valence-corrected chi connectivity index (χ0v) is 24.8. The van der Waals surface area contributed by atoms with Crippen molar-refractivity contribution in [3.05, 3.63) is 130 Å². The molecule has 4 aromatic carbocycles. The van der Waals surface area contributed by atoms with E-state index in [1.54, 1.807) is 55.5 Å². The van der Waals surface area contributed by atoms with Gasteiger partial charge < -0.3 is 16.0 Å². The second-order valence-corrected chi connectivity index (χ2v) is 11.4. The lowest BCUT2D eigenvalue weighted by Crippen LogP contribution is -2.30. The number of amides is 3. The van der Waals surface area contributed by atoms with Gasteiger partial charge in [0, 0.05) is 27.4 Å². The van der Waals surface area contributed by atoms with E-state index < -0.39 is 22.9 Å². The van der Waals surface area contributed by atoms with Crippen molar-refractivity contribution in [3.63, 3.8) is 0 Å². The van der Waals surface area contributed by atoms with Crippen LogP contribution in [0.3, 0.4) is 0 Å². The average molecular weight is 602 g/mol. The molecule has 0 radical (unpaired) electrons.